The first kappa shape index (κ1) is 13.6. The normalized spacial score (nSPS) is 11.2. The minimum absolute atomic E-state index is 0.387. The molecule has 0 amide bonds. The molecule has 5 heteroatoms. The Kier molecular flexibility index (Phi) is 3.52. The minimum atomic E-state index is 0.387. The number of pyridine rings is 1. The number of hydrogen-bond donors (Lipinski definition) is 0. The molecule has 0 aliphatic carbocycles. The summed E-state index contributed by atoms with van der Waals surface area (Å²) in [4.78, 5) is 4.55. The Hall–Kier alpha value is -1.39. The summed E-state index contributed by atoms with van der Waals surface area (Å²) in [6, 6.07) is 10.0. The highest BCUT2D eigenvalue weighted by Gasteiger charge is 2.14. The van der Waals surface area contributed by atoms with Crippen LogP contribution in [0.25, 0.3) is 16.6 Å². The maximum Gasteiger partial charge on any atom is 0.0761 e. The third-order valence-corrected chi connectivity index (χ3v) is 4.74. The highest BCUT2D eigenvalue weighted by Crippen LogP contribution is 2.27. The van der Waals surface area contributed by atoms with Crippen molar-refractivity contribution in [1.29, 1.82) is 0 Å². The fourth-order valence-electron chi connectivity index (χ4n) is 2.31. The average molecular weight is 351 g/mol. The molecule has 0 radical (unpaired) electrons. The number of nitrogens with zero attached hydrogens (tertiary/aromatic N) is 3. The van der Waals surface area contributed by atoms with Gasteiger partial charge < -0.3 is 0 Å². The monoisotopic (exact) mass is 349 g/mol. The zero-order valence-corrected chi connectivity index (χ0v) is 13.5. The molecule has 20 heavy (non-hydrogen) atoms. The summed E-state index contributed by atoms with van der Waals surface area (Å²) < 4.78 is 2.98. The Labute approximate surface area is 130 Å². The minimum Gasteiger partial charge on any atom is -0.251 e. The average Bonchev–Trinajstić information content (AvgIpc) is 2.73. The Morgan fingerprint density at radius 1 is 1.25 bits per heavy atom. The molecule has 0 spiro atoms. The molecule has 0 saturated heterocycles. The fraction of sp³-hybridized carbons (Fsp3) is 0.200. The van der Waals surface area contributed by atoms with Gasteiger partial charge in [-0.3, -0.25) is 4.98 Å². The number of hydrogen-bond acceptors (Lipinski definition) is 2. The predicted molar refractivity (Wildman–Crippen MR) is 85.6 cm³/mol. The third-order valence-electron chi connectivity index (χ3n) is 3.32. The van der Waals surface area contributed by atoms with Gasteiger partial charge in [0.25, 0.3) is 0 Å². The lowest BCUT2D eigenvalue weighted by Gasteiger charge is -2.10. The van der Waals surface area contributed by atoms with Gasteiger partial charge in [0, 0.05) is 5.39 Å². The van der Waals surface area contributed by atoms with Crippen molar-refractivity contribution in [2.24, 2.45) is 0 Å². The third kappa shape index (κ3) is 2.13. The van der Waals surface area contributed by atoms with Crippen molar-refractivity contribution in [2.75, 3.05) is 0 Å². The first-order valence-corrected chi connectivity index (χ1v) is 7.61. The van der Waals surface area contributed by atoms with Crippen LogP contribution in [0.3, 0.4) is 0 Å². The van der Waals surface area contributed by atoms with Gasteiger partial charge in [-0.05, 0) is 41.9 Å². The van der Waals surface area contributed by atoms with Crippen LogP contribution in [0, 0.1) is 13.8 Å². The van der Waals surface area contributed by atoms with E-state index in [2.05, 4.69) is 32.1 Å². The number of para-hydroxylation sites is 1. The van der Waals surface area contributed by atoms with E-state index in [-0.39, 0.29) is 0 Å². The van der Waals surface area contributed by atoms with Crippen molar-refractivity contribution in [2.45, 2.75) is 19.7 Å². The van der Waals surface area contributed by atoms with Gasteiger partial charge in [-0.2, -0.15) is 5.10 Å². The summed E-state index contributed by atoms with van der Waals surface area (Å²) in [5.74, 6) is 0.387. The molecule has 1 aromatic carbocycles. The second kappa shape index (κ2) is 5.19. The molecule has 0 saturated carbocycles. The van der Waals surface area contributed by atoms with E-state index in [1.165, 1.54) is 0 Å². The van der Waals surface area contributed by atoms with Crippen LogP contribution in [0.2, 0.25) is 0 Å². The van der Waals surface area contributed by atoms with Crippen LogP contribution in [0.4, 0.5) is 0 Å². The van der Waals surface area contributed by atoms with E-state index in [0.717, 1.165) is 38.1 Å². The summed E-state index contributed by atoms with van der Waals surface area (Å²) in [5.41, 5.74) is 4.83. The van der Waals surface area contributed by atoms with E-state index >= 15 is 0 Å². The lowest BCUT2D eigenvalue weighted by molar-refractivity contribution is 0.836. The number of alkyl halides is 1. The summed E-state index contributed by atoms with van der Waals surface area (Å²) >= 11 is 9.53. The topological polar surface area (TPSA) is 30.7 Å². The molecular weight excluding hydrogens is 338 g/mol. The van der Waals surface area contributed by atoms with Gasteiger partial charge in [0.2, 0.25) is 0 Å². The second-order valence-electron chi connectivity index (χ2n) is 4.68. The second-order valence-corrected chi connectivity index (χ2v) is 5.74. The van der Waals surface area contributed by atoms with Crippen LogP contribution in [-0.2, 0) is 5.88 Å². The molecule has 0 bridgehead atoms. The molecule has 0 aliphatic rings. The van der Waals surface area contributed by atoms with Gasteiger partial charge in [-0.25, -0.2) is 4.68 Å². The first-order chi connectivity index (χ1) is 9.61. The molecule has 3 nitrogen and oxygen atoms in total. The molecule has 3 aromatic rings. The number of halogens is 2. The van der Waals surface area contributed by atoms with Crippen molar-refractivity contribution in [3.63, 3.8) is 0 Å². The maximum atomic E-state index is 5.96. The van der Waals surface area contributed by atoms with Gasteiger partial charge in [-0.1, -0.05) is 18.2 Å². The molecule has 3 rings (SSSR count). The van der Waals surface area contributed by atoms with Crippen LogP contribution in [0.15, 0.2) is 34.8 Å². The highest BCUT2D eigenvalue weighted by molar-refractivity contribution is 9.10. The lowest BCUT2D eigenvalue weighted by Crippen LogP contribution is -2.02. The molecule has 0 aliphatic heterocycles. The summed E-state index contributed by atoms with van der Waals surface area (Å²) in [6.07, 6.45) is 0. The van der Waals surface area contributed by atoms with Crippen molar-refractivity contribution >= 4 is 38.4 Å². The molecule has 0 atom stereocenters. The number of fused-ring (bicyclic) bond motifs is 1. The van der Waals surface area contributed by atoms with Crippen molar-refractivity contribution < 1.29 is 0 Å². The van der Waals surface area contributed by atoms with E-state index < -0.39 is 0 Å². The van der Waals surface area contributed by atoms with Gasteiger partial charge >= 0.3 is 0 Å². The van der Waals surface area contributed by atoms with Gasteiger partial charge in [0.05, 0.1) is 38.6 Å². The van der Waals surface area contributed by atoms with E-state index in [9.17, 15) is 0 Å². The van der Waals surface area contributed by atoms with Crippen molar-refractivity contribution in [3.8, 4) is 5.69 Å². The number of aromatic nitrogens is 3. The van der Waals surface area contributed by atoms with Crippen LogP contribution >= 0.6 is 27.5 Å². The molecule has 0 N–H and O–H groups in total. The van der Waals surface area contributed by atoms with Gasteiger partial charge in [0.1, 0.15) is 0 Å². The van der Waals surface area contributed by atoms with E-state index in [4.69, 9.17) is 11.6 Å². The van der Waals surface area contributed by atoms with Crippen LogP contribution in [0.1, 0.15) is 17.1 Å². The summed E-state index contributed by atoms with van der Waals surface area (Å²) in [6.45, 7) is 4.03. The largest absolute Gasteiger partial charge is 0.251 e. The zero-order chi connectivity index (χ0) is 14.3. The Morgan fingerprint density at radius 3 is 2.65 bits per heavy atom. The van der Waals surface area contributed by atoms with Gasteiger partial charge in [0.15, 0.2) is 0 Å². The van der Waals surface area contributed by atoms with E-state index in [1.807, 2.05) is 42.8 Å². The van der Waals surface area contributed by atoms with E-state index in [1.54, 1.807) is 0 Å². The van der Waals surface area contributed by atoms with Gasteiger partial charge in [-0.15, -0.1) is 11.6 Å². The fourth-order valence-corrected chi connectivity index (χ4v) is 2.70. The maximum absolute atomic E-state index is 5.96. The Balaban J connectivity index is 2.37. The Bertz CT molecular complexity index is 795. The summed E-state index contributed by atoms with van der Waals surface area (Å²) in [5, 5.41) is 5.67. The molecule has 0 unspecified atom stereocenters. The number of rotatable bonds is 2. The van der Waals surface area contributed by atoms with Crippen LogP contribution in [0.5, 0.6) is 0 Å². The van der Waals surface area contributed by atoms with Crippen molar-refractivity contribution in [3.05, 3.63) is 51.9 Å². The zero-order valence-electron chi connectivity index (χ0n) is 11.2. The predicted octanol–water partition coefficient (Wildman–Crippen LogP) is 4.54. The summed E-state index contributed by atoms with van der Waals surface area (Å²) in [7, 11) is 0. The molecular formula is C15H13BrClN3. The quantitative estimate of drug-likeness (QED) is 0.635. The van der Waals surface area contributed by atoms with Crippen LogP contribution < -0.4 is 0 Å². The molecule has 2 aromatic heterocycles. The molecule has 0 fully saturated rings. The van der Waals surface area contributed by atoms with Crippen LogP contribution in [-0.4, -0.2) is 14.8 Å². The van der Waals surface area contributed by atoms with Crippen molar-refractivity contribution in [1.82, 2.24) is 14.8 Å². The first-order valence-electron chi connectivity index (χ1n) is 6.28. The highest BCUT2D eigenvalue weighted by atomic mass is 79.9. The SMILES string of the molecule is Cc1nn(-c2cc(CCl)nc3ccccc23)c(C)c1Br. The molecule has 2 heterocycles. The standard InChI is InChI=1S/C15H13BrClN3/c1-9-15(16)10(2)20(19-9)14-7-11(8-17)18-13-6-4-3-5-12(13)14/h3-7H,8H2,1-2H3. The number of aryl methyl sites for hydroxylation is 1. The molecule has 102 valence electrons. The smallest absolute Gasteiger partial charge is 0.0761 e. The Morgan fingerprint density at radius 2 is 2.00 bits per heavy atom. The lowest BCUT2D eigenvalue weighted by atomic mass is 10.1. The number of benzene rings is 1. The van der Waals surface area contributed by atoms with E-state index in [0.29, 0.717) is 5.88 Å².